The molecule has 3 atom stereocenters. The fourth-order valence-electron chi connectivity index (χ4n) is 2.95. The molecule has 0 spiro atoms. The highest BCUT2D eigenvalue weighted by molar-refractivity contribution is 5.21. The molecule has 1 aromatic rings. The van der Waals surface area contributed by atoms with Crippen LogP contribution in [0.15, 0.2) is 30.3 Å². The average Bonchev–Trinajstić information content (AvgIpc) is 2.88. The van der Waals surface area contributed by atoms with Crippen LogP contribution in [0, 0.1) is 0 Å². The van der Waals surface area contributed by atoms with Crippen molar-refractivity contribution in [1.82, 2.24) is 4.90 Å². The summed E-state index contributed by atoms with van der Waals surface area (Å²) in [6, 6.07) is 7.65. The molecule has 2 aliphatic heterocycles. The lowest BCUT2D eigenvalue weighted by Crippen LogP contribution is -2.43. The standard InChI is InChI=1S/C13H14F3NO/c14-13(15,16)11-6-7-12-17(11)10(8-18-12)9-4-2-1-3-5-9/h1-5,10-12H,6-8H2/t10-,11+,12-/m0/s1. The third-order valence-electron chi connectivity index (χ3n) is 3.75. The lowest BCUT2D eigenvalue weighted by Gasteiger charge is -2.30. The van der Waals surface area contributed by atoms with Crippen molar-refractivity contribution < 1.29 is 17.9 Å². The van der Waals surface area contributed by atoms with Gasteiger partial charge in [-0.2, -0.15) is 13.2 Å². The topological polar surface area (TPSA) is 12.5 Å². The number of halogens is 3. The molecule has 0 radical (unpaired) electrons. The quantitative estimate of drug-likeness (QED) is 0.766. The zero-order chi connectivity index (χ0) is 12.8. The first-order valence-electron chi connectivity index (χ1n) is 6.08. The number of alkyl halides is 3. The zero-order valence-corrected chi connectivity index (χ0v) is 9.73. The molecule has 0 unspecified atom stereocenters. The number of rotatable bonds is 1. The zero-order valence-electron chi connectivity index (χ0n) is 9.73. The third kappa shape index (κ3) is 1.91. The van der Waals surface area contributed by atoms with Crippen LogP contribution in [0.25, 0.3) is 0 Å². The van der Waals surface area contributed by atoms with E-state index in [9.17, 15) is 13.2 Å². The second-order valence-electron chi connectivity index (χ2n) is 4.80. The van der Waals surface area contributed by atoms with Crippen LogP contribution in [0.1, 0.15) is 24.4 Å². The van der Waals surface area contributed by atoms with E-state index in [1.807, 2.05) is 30.3 Å². The summed E-state index contributed by atoms with van der Waals surface area (Å²) in [5.41, 5.74) is 0.899. The Kier molecular flexibility index (Phi) is 2.83. The SMILES string of the molecule is FC(F)(F)[C@H]1CC[C@@H]2OC[C@@H](c3ccccc3)N21. The van der Waals surface area contributed by atoms with Crippen molar-refractivity contribution in [1.29, 1.82) is 0 Å². The second kappa shape index (κ2) is 4.24. The highest BCUT2D eigenvalue weighted by Crippen LogP contribution is 2.45. The molecule has 3 rings (SSSR count). The Morgan fingerprint density at radius 2 is 1.83 bits per heavy atom. The van der Waals surface area contributed by atoms with E-state index in [0.717, 1.165) is 5.56 Å². The predicted octanol–water partition coefficient (Wildman–Crippen LogP) is 3.11. The van der Waals surface area contributed by atoms with Gasteiger partial charge < -0.3 is 4.74 Å². The molecular weight excluding hydrogens is 243 g/mol. The van der Waals surface area contributed by atoms with Gasteiger partial charge in [0.2, 0.25) is 0 Å². The van der Waals surface area contributed by atoms with E-state index in [1.165, 1.54) is 4.90 Å². The van der Waals surface area contributed by atoms with Gasteiger partial charge in [-0.1, -0.05) is 30.3 Å². The molecule has 2 nitrogen and oxygen atoms in total. The predicted molar refractivity (Wildman–Crippen MR) is 59.8 cm³/mol. The molecule has 2 heterocycles. The Morgan fingerprint density at radius 1 is 1.11 bits per heavy atom. The van der Waals surface area contributed by atoms with Gasteiger partial charge in [-0.05, 0) is 18.4 Å². The van der Waals surface area contributed by atoms with Crippen molar-refractivity contribution in [3.05, 3.63) is 35.9 Å². The van der Waals surface area contributed by atoms with Crippen LogP contribution in [-0.4, -0.2) is 30.0 Å². The molecule has 2 aliphatic rings. The lowest BCUT2D eigenvalue weighted by molar-refractivity contribution is -0.184. The molecule has 2 fully saturated rings. The largest absolute Gasteiger partial charge is 0.404 e. The van der Waals surface area contributed by atoms with Gasteiger partial charge in [0, 0.05) is 0 Å². The normalized spacial score (nSPS) is 32.7. The average molecular weight is 257 g/mol. The van der Waals surface area contributed by atoms with Crippen LogP contribution in [0.3, 0.4) is 0 Å². The first-order valence-corrected chi connectivity index (χ1v) is 6.08. The fourth-order valence-corrected chi connectivity index (χ4v) is 2.95. The Hall–Kier alpha value is -1.07. The summed E-state index contributed by atoms with van der Waals surface area (Å²) < 4.78 is 44.5. The summed E-state index contributed by atoms with van der Waals surface area (Å²) in [6.45, 7) is 0.348. The Bertz CT molecular complexity index is 420. The number of nitrogens with zero attached hydrogens (tertiary/aromatic N) is 1. The molecule has 18 heavy (non-hydrogen) atoms. The van der Waals surface area contributed by atoms with Gasteiger partial charge >= 0.3 is 6.18 Å². The summed E-state index contributed by atoms with van der Waals surface area (Å²) in [7, 11) is 0. The molecule has 5 heteroatoms. The van der Waals surface area contributed by atoms with Gasteiger partial charge in [-0.15, -0.1) is 0 Å². The maximum Gasteiger partial charge on any atom is 0.404 e. The number of hydrogen-bond donors (Lipinski definition) is 0. The van der Waals surface area contributed by atoms with Gasteiger partial charge in [0.1, 0.15) is 12.3 Å². The minimum absolute atomic E-state index is 0.136. The maximum absolute atomic E-state index is 13.0. The molecule has 2 saturated heterocycles. The van der Waals surface area contributed by atoms with Crippen molar-refractivity contribution >= 4 is 0 Å². The molecule has 0 aliphatic carbocycles. The van der Waals surface area contributed by atoms with E-state index < -0.39 is 12.2 Å². The summed E-state index contributed by atoms with van der Waals surface area (Å²) in [5.74, 6) is 0. The van der Waals surface area contributed by atoms with E-state index in [4.69, 9.17) is 4.74 Å². The van der Waals surface area contributed by atoms with Crippen molar-refractivity contribution in [3.63, 3.8) is 0 Å². The molecular formula is C13H14F3NO. The first-order chi connectivity index (χ1) is 8.57. The van der Waals surface area contributed by atoms with Gasteiger partial charge in [0.05, 0.1) is 12.6 Å². The molecule has 1 aromatic carbocycles. The number of fused-ring (bicyclic) bond motifs is 1. The van der Waals surface area contributed by atoms with Crippen LogP contribution < -0.4 is 0 Å². The van der Waals surface area contributed by atoms with Crippen LogP contribution >= 0.6 is 0 Å². The number of ether oxygens (including phenoxy) is 1. The van der Waals surface area contributed by atoms with E-state index >= 15 is 0 Å². The highest BCUT2D eigenvalue weighted by atomic mass is 19.4. The summed E-state index contributed by atoms with van der Waals surface area (Å²) in [6.07, 6.45) is -3.94. The maximum atomic E-state index is 13.0. The molecule has 0 N–H and O–H groups in total. The summed E-state index contributed by atoms with van der Waals surface area (Å²) >= 11 is 0. The van der Waals surface area contributed by atoms with Crippen LogP contribution in [0.2, 0.25) is 0 Å². The van der Waals surface area contributed by atoms with Gasteiger partial charge in [-0.3, -0.25) is 4.90 Å². The van der Waals surface area contributed by atoms with Crippen molar-refractivity contribution in [2.75, 3.05) is 6.61 Å². The molecule has 0 amide bonds. The van der Waals surface area contributed by atoms with E-state index in [1.54, 1.807) is 0 Å². The van der Waals surface area contributed by atoms with E-state index in [-0.39, 0.29) is 18.7 Å². The van der Waals surface area contributed by atoms with Crippen LogP contribution in [0.5, 0.6) is 0 Å². The lowest BCUT2D eigenvalue weighted by atomic mass is 10.1. The summed E-state index contributed by atoms with van der Waals surface area (Å²) in [5, 5.41) is 0. The highest BCUT2D eigenvalue weighted by Gasteiger charge is 2.54. The van der Waals surface area contributed by atoms with Crippen LogP contribution in [0.4, 0.5) is 13.2 Å². The van der Waals surface area contributed by atoms with Crippen LogP contribution in [-0.2, 0) is 4.74 Å². The smallest absolute Gasteiger partial charge is 0.361 e. The molecule has 0 saturated carbocycles. The van der Waals surface area contributed by atoms with E-state index in [0.29, 0.717) is 13.0 Å². The van der Waals surface area contributed by atoms with Crippen molar-refractivity contribution in [2.45, 2.75) is 37.3 Å². The Balaban J connectivity index is 1.89. The molecule has 0 aromatic heterocycles. The Morgan fingerprint density at radius 3 is 2.50 bits per heavy atom. The number of benzene rings is 1. The molecule has 98 valence electrons. The van der Waals surface area contributed by atoms with Gasteiger partial charge in [0.15, 0.2) is 0 Å². The first kappa shape index (κ1) is 12.0. The second-order valence-corrected chi connectivity index (χ2v) is 4.80. The summed E-state index contributed by atoms with van der Waals surface area (Å²) in [4.78, 5) is 1.50. The van der Waals surface area contributed by atoms with Crippen molar-refractivity contribution in [3.8, 4) is 0 Å². The van der Waals surface area contributed by atoms with Crippen molar-refractivity contribution in [2.24, 2.45) is 0 Å². The Labute approximate surface area is 103 Å². The molecule has 0 bridgehead atoms. The number of hydrogen-bond acceptors (Lipinski definition) is 2. The third-order valence-corrected chi connectivity index (χ3v) is 3.75. The minimum atomic E-state index is -4.17. The van der Waals surface area contributed by atoms with E-state index in [2.05, 4.69) is 0 Å². The minimum Gasteiger partial charge on any atom is -0.361 e. The van der Waals surface area contributed by atoms with Gasteiger partial charge in [0.25, 0.3) is 0 Å². The van der Waals surface area contributed by atoms with Gasteiger partial charge in [-0.25, -0.2) is 0 Å². The fraction of sp³-hybridized carbons (Fsp3) is 0.538. The monoisotopic (exact) mass is 257 g/mol.